The van der Waals surface area contributed by atoms with Crippen LogP contribution in [0.1, 0.15) is 31.7 Å². The highest BCUT2D eigenvalue weighted by atomic mass is 79.9. The van der Waals surface area contributed by atoms with Gasteiger partial charge in [0.1, 0.15) is 0 Å². The van der Waals surface area contributed by atoms with Crippen molar-refractivity contribution in [2.24, 2.45) is 0 Å². The maximum absolute atomic E-state index is 12.1. The Morgan fingerprint density at radius 3 is 2.95 bits per heavy atom. The number of rotatable bonds is 3. The number of aryl methyl sites for hydroxylation is 1. The third kappa shape index (κ3) is 4.05. The summed E-state index contributed by atoms with van der Waals surface area (Å²) in [6, 6.07) is 6.47. The lowest BCUT2D eigenvalue weighted by molar-refractivity contribution is -0.118. The Morgan fingerprint density at radius 2 is 2.26 bits per heavy atom. The van der Waals surface area contributed by atoms with Crippen LogP contribution in [0.4, 0.5) is 5.69 Å². The zero-order valence-corrected chi connectivity index (χ0v) is 13.2. The molecular formula is C15H21BrN2O. The van der Waals surface area contributed by atoms with Gasteiger partial charge in [0, 0.05) is 10.5 Å². The molecule has 1 aromatic carbocycles. The molecule has 0 aromatic heterocycles. The lowest BCUT2D eigenvalue weighted by Crippen LogP contribution is -2.42. The fourth-order valence-corrected chi connectivity index (χ4v) is 3.08. The molecule has 1 fully saturated rings. The maximum atomic E-state index is 12.1. The van der Waals surface area contributed by atoms with Crippen molar-refractivity contribution < 1.29 is 4.79 Å². The fourth-order valence-electron chi connectivity index (χ4n) is 2.49. The second kappa shape index (κ2) is 6.53. The van der Waals surface area contributed by atoms with Gasteiger partial charge in [-0.2, -0.15) is 0 Å². The molecule has 19 heavy (non-hydrogen) atoms. The van der Waals surface area contributed by atoms with Crippen LogP contribution < -0.4 is 5.32 Å². The molecule has 1 N–H and O–H groups in total. The number of carbonyl (C=O) groups is 1. The van der Waals surface area contributed by atoms with E-state index in [2.05, 4.69) is 33.1 Å². The van der Waals surface area contributed by atoms with E-state index in [1.165, 1.54) is 24.8 Å². The van der Waals surface area contributed by atoms with Crippen molar-refractivity contribution in [2.75, 3.05) is 18.4 Å². The third-order valence-corrected chi connectivity index (χ3v) is 4.34. The smallest absolute Gasteiger partial charge is 0.238 e. The van der Waals surface area contributed by atoms with E-state index in [9.17, 15) is 4.79 Å². The highest BCUT2D eigenvalue weighted by molar-refractivity contribution is 9.10. The van der Waals surface area contributed by atoms with Crippen LogP contribution in [0.3, 0.4) is 0 Å². The number of amides is 1. The van der Waals surface area contributed by atoms with E-state index in [1.54, 1.807) is 0 Å². The molecule has 0 saturated carbocycles. The van der Waals surface area contributed by atoms with Gasteiger partial charge in [-0.25, -0.2) is 0 Å². The van der Waals surface area contributed by atoms with Gasteiger partial charge in [0.05, 0.1) is 12.2 Å². The van der Waals surface area contributed by atoms with Crippen molar-refractivity contribution in [3.63, 3.8) is 0 Å². The molecule has 1 heterocycles. The number of piperidine rings is 1. The predicted molar refractivity (Wildman–Crippen MR) is 82.4 cm³/mol. The molecule has 1 aromatic rings. The van der Waals surface area contributed by atoms with Gasteiger partial charge in [-0.3, -0.25) is 9.69 Å². The number of nitrogens with zero attached hydrogens (tertiary/aromatic N) is 1. The first-order chi connectivity index (χ1) is 9.06. The molecule has 1 aliphatic heterocycles. The number of likely N-dealkylation sites (tertiary alicyclic amines) is 1. The van der Waals surface area contributed by atoms with Crippen LogP contribution in [0, 0.1) is 6.92 Å². The Balaban J connectivity index is 1.93. The number of carbonyl (C=O) groups excluding carboxylic acids is 1. The quantitative estimate of drug-likeness (QED) is 0.921. The normalized spacial score (nSPS) is 20.3. The van der Waals surface area contributed by atoms with E-state index in [0.29, 0.717) is 12.6 Å². The van der Waals surface area contributed by atoms with Crippen molar-refractivity contribution in [1.82, 2.24) is 4.90 Å². The van der Waals surface area contributed by atoms with E-state index in [0.717, 1.165) is 16.7 Å². The van der Waals surface area contributed by atoms with Gasteiger partial charge in [-0.15, -0.1) is 0 Å². The first kappa shape index (κ1) is 14.5. The summed E-state index contributed by atoms with van der Waals surface area (Å²) in [5.74, 6) is 0.0679. The number of anilines is 1. The van der Waals surface area contributed by atoms with E-state index in [1.807, 2.05) is 25.1 Å². The average Bonchev–Trinajstić information content (AvgIpc) is 2.36. The Labute approximate surface area is 123 Å². The second-order valence-corrected chi connectivity index (χ2v) is 6.20. The minimum Gasteiger partial charge on any atom is -0.324 e. The third-order valence-electron chi connectivity index (χ3n) is 3.69. The van der Waals surface area contributed by atoms with Crippen molar-refractivity contribution in [1.29, 1.82) is 0 Å². The summed E-state index contributed by atoms with van der Waals surface area (Å²) in [7, 11) is 0. The van der Waals surface area contributed by atoms with Gasteiger partial charge >= 0.3 is 0 Å². The summed E-state index contributed by atoms with van der Waals surface area (Å²) in [4.78, 5) is 14.4. The molecule has 1 atom stereocenters. The first-order valence-corrected chi connectivity index (χ1v) is 7.65. The molecule has 4 heteroatoms. The van der Waals surface area contributed by atoms with E-state index < -0.39 is 0 Å². The Hall–Kier alpha value is -0.870. The second-order valence-electron chi connectivity index (χ2n) is 5.35. The average molecular weight is 325 g/mol. The van der Waals surface area contributed by atoms with Gasteiger partial charge in [0.25, 0.3) is 0 Å². The van der Waals surface area contributed by atoms with Gasteiger partial charge in [-0.05, 0) is 66.9 Å². The molecular weight excluding hydrogens is 304 g/mol. The number of halogens is 1. The fraction of sp³-hybridized carbons (Fsp3) is 0.533. The molecule has 1 aliphatic rings. The van der Waals surface area contributed by atoms with Crippen LogP contribution in [-0.2, 0) is 4.79 Å². The van der Waals surface area contributed by atoms with Crippen molar-refractivity contribution in [3.8, 4) is 0 Å². The zero-order chi connectivity index (χ0) is 13.8. The van der Waals surface area contributed by atoms with Crippen molar-refractivity contribution in [3.05, 3.63) is 28.2 Å². The van der Waals surface area contributed by atoms with Crippen LogP contribution in [0.5, 0.6) is 0 Å². The van der Waals surface area contributed by atoms with E-state index in [-0.39, 0.29) is 5.91 Å². The van der Waals surface area contributed by atoms with Crippen molar-refractivity contribution in [2.45, 2.75) is 39.2 Å². The summed E-state index contributed by atoms with van der Waals surface area (Å²) < 4.78 is 0.938. The van der Waals surface area contributed by atoms with Crippen LogP contribution in [0.2, 0.25) is 0 Å². The topological polar surface area (TPSA) is 32.3 Å². The Morgan fingerprint density at radius 1 is 1.47 bits per heavy atom. The number of hydrogen-bond donors (Lipinski definition) is 1. The summed E-state index contributed by atoms with van der Waals surface area (Å²) in [5.41, 5.74) is 2.02. The summed E-state index contributed by atoms with van der Waals surface area (Å²) in [6.45, 7) is 5.76. The number of benzene rings is 1. The molecule has 0 spiro atoms. The van der Waals surface area contributed by atoms with Crippen LogP contribution in [0.15, 0.2) is 22.7 Å². The molecule has 0 radical (unpaired) electrons. The van der Waals surface area contributed by atoms with Crippen LogP contribution in [0.25, 0.3) is 0 Å². The lowest BCUT2D eigenvalue weighted by Gasteiger charge is -2.32. The number of nitrogens with one attached hydrogen (secondary N) is 1. The predicted octanol–water partition coefficient (Wildman–Crippen LogP) is 3.57. The molecule has 0 bridgehead atoms. The molecule has 0 unspecified atom stereocenters. The molecule has 1 saturated heterocycles. The number of hydrogen-bond acceptors (Lipinski definition) is 2. The SMILES string of the molecule is Cc1ccc(NC(=O)CN2CCCC[C@H]2C)c(Br)c1. The molecule has 0 aliphatic carbocycles. The summed E-state index contributed by atoms with van der Waals surface area (Å²) in [5, 5.41) is 2.98. The highest BCUT2D eigenvalue weighted by Gasteiger charge is 2.20. The first-order valence-electron chi connectivity index (χ1n) is 6.86. The van der Waals surface area contributed by atoms with Crippen molar-refractivity contribution >= 4 is 27.5 Å². The highest BCUT2D eigenvalue weighted by Crippen LogP contribution is 2.23. The van der Waals surface area contributed by atoms with Gasteiger partial charge in [0.15, 0.2) is 0 Å². The minimum absolute atomic E-state index is 0.0679. The summed E-state index contributed by atoms with van der Waals surface area (Å²) >= 11 is 3.48. The lowest BCUT2D eigenvalue weighted by atomic mass is 10.0. The largest absolute Gasteiger partial charge is 0.324 e. The molecule has 104 valence electrons. The maximum Gasteiger partial charge on any atom is 0.238 e. The van der Waals surface area contributed by atoms with Crippen LogP contribution in [-0.4, -0.2) is 29.9 Å². The van der Waals surface area contributed by atoms with Gasteiger partial charge < -0.3 is 5.32 Å². The zero-order valence-electron chi connectivity index (χ0n) is 11.6. The summed E-state index contributed by atoms with van der Waals surface area (Å²) in [6.07, 6.45) is 3.68. The monoisotopic (exact) mass is 324 g/mol. The molecule has 2 rings (SSSR count). The van der Waals surface area contributed by atoms with Gasteiger partial charge in [-0.1, -0.05) is 12.5 Å². The Kier molecular flexibility index (Phi) is 4.99. The van der Waals surface area contributed by atoms with Gasteiger partial charge in [0.2, 0.25) is 5.91 Å². The van der Waals surface area contributed by atoms with E-state index >= 15 is 0 Å². The van der Waals surface area contributed by atoms with E-state index in [4.69, 9.17) is 0 Å². The molecule has 3 nitrogen and oxygen atoms in total. The standard InChI is InChI=1S/C15H21BrN2O/c1-11-6-7-14(13(16)9-11)17-15(19)10-18-8-4-3-5-12(18)2/h6-7,9,12H,3-5,8,10H2,1-2H3,(H,17,19)/t12-/m1/s1. The minimum atomic E-state index is 0.0679. The molecule has 1 amide bonds. The Bertz CT molecular complexity index is 461. The van der Waals surface area contributed by atoms with Crippen LogP contribution >= 0.6 is 15.9 Å².